The van der Waals surface area contributed by atoms with E-state index in [1.54, 1.807) is 0 Å². The van der Waals surface area contributed by atoms with Gasteiger partial charge < -0.3 is 15.7 Å². The summed E-state index contributed by atoms with van der Waals surface area (Å²) in [5.74, 6) is 0.352. The summed E-state index contributed by atoms with van der Waals surface area (Å²) >= 11 is 0. The molecule has 0 saturated heterocycles. The maximum absolute atomic E-state index is 12.4. The van der Waals surface area contributed by atoms with E-state index in [2.05, 4.69) is 22.8 Å². The molecule has 1 amide bonds. The smallest absolute Gasteiger partial charge is 0.225 e. The van der Waals surface area contributed by atoms with Gasteiger partial charge in [0, 0.05) is 30.8 Å². The molecule has 3 unspecified atom stereocenters. The van der Waals surface area contributed by atoms with Crippen LogP contribution in [0.2, 0.25) is 0 Å². The van der Waals surface area contributed by atoms with Crippen LogP contribution >= 0.6 is 0 Å². The quantitative estimate of drug-likeness (QED) is 0.783. The van der Waals surface area contributed by atoms with E-state index in [0.29, 0.717) is 6.54 Å². The lowest BCUT2D eigenvalue weighted by atomic mass is 9.92. The van der Waals surface area contributed by atoms with E-state index in [1.165, 1.54) is 5.56 Å². The molecule has 1 aromatic carbocycles. The van der Waals surface area contributed by atoms with E-state index in [1.807, 2.05) is 12.1 Å². The molecular weight excluding hydrogens is 252 g/mol. The number of aliphatic hydroxyl groups is 1. The number of benzene rings is 1. The van der Waals surface area contributed by atoms with Crippen molar-refractivity contribution in [2.75, 3.05) is 18.5 Å². The average Bonchev–Trinajstić information content (AvgIpc) is 2.94. The summed E-state index contributed by atoms with van der Waals surface area (Å²) in [6.07, 6.45) is 3.91. The van der Waals surface area contributed by atoms with Gasteiger partial charge in [-0.05, 0) is 30.9 Å². The summed E-state index contributed by atoms with van der Waals surface area (Å²) in [7, 11) is 0. The monoisotopic (exact) mass is 274 g/mol. The maximum Gasteiger partial charge on any atom is 0.225 e. The Morgan fingerprint density at radius 3 is 3.05 bits per heavy atom. The number of fused-ring (bicyclic) bond motifs is 1. The van der Waals surface area contributed by atoms with Gasteiger partial charge in [0.25, 0.3) is 0 Å². The number of anilines is 1. The Morgan fingerprint density at radius 2 is 2.20 bits per heavy atom. The largest absolute Gasteiger partial charge is 0.396 e. The van der Waals surface area contributed by atoms with Crippen LogP contribution in [0, 0.1) is 11.8 Å². The zero-order valence-electron chi connectivity index (χ0n) is 11.6. The van der Waals surface area contributed by atoms with Crippen molar-refractivity contribution in [1.29, 1.82) is 0 Å². The molecule has 108 valence electrons. The molecule has 1 heterocycles. The molecule has 4 nitrogen and oxygen atoms in total. The van der Waals surface area contributed by atoms with Gasteiger partial charge in [-0.2, -0.15) is 0 Å². The summed E-state index contributed by atoms with van der Waals surface area (Å²) < 4.78 is 0. The topological polar surface area (TPSA) is 61.4 Å². The highest BCUT2D eigenvalue weighted by Gasteiger charge is 2.31. The van der Waals surface area contributed by atoms with Crippen molar-refractivity contribution < 1.29 is 9.90 Å². The lowest BCUT2D eigenvalue weighted by molar-refractivity contribution is -0.125. The SMILES string of the molecule is O=C(NC1CCCC1CO)C1CNc2ccccc2C1. The van der Waals surface area contributed by atoms with Gasteiger partial charge >= 0.3 is 0 Å². The Balaban J connectivity index is 1.61. The average molecular weight is 274 g/mol. The molecule has 0 aromatic heterocycles. The van der Waals surface area contributed by atoms with Crippen LogP contribution < -0.4 is 10.6 Å². The number of para-hydroxylation sites is 1. The highest BCUT2D eigenvalue weighted by molar-refractivity contribution is 5.81. The number of rotatable bonds is 3. The lowest BCUT2D eigenvalue weighted by Gasteiger charge is -2.27. The van der Waals surface area contributed by atoms with Gasteiger partial charge in [0.05, 0.1) is 5.92 Å². The molecule has 1 aromatic rings. The molecular formula is C16H22N2O2. The van der Waals surface area contributed by atoms with Crippen LogP contribution in [0.25, 0.3) is 0 Å². The number of nitrogens with one attached hydrogen (secondary N) is 2. The number of amides is 1. The summed E-state index contributed by atoms with van der Waals surface area (Å²) in [6.45, 7) is 0.871. The number of carbonyl (C=O) groups excluding carboxylic acids is 1. The highest BCUT2D eigenvalue weighted by Crippen LogP contribution is 2.27. The van der Waals surface area contributed by atoms with E-state index < -0.39 is 0 Å². The molecule has 3 N–H and O–H groups in total. The van der Waals surface area contributed by atoms with E-state index >= 15 is 0 Å². The first-order valence-corrected chi connectivity index (χ1v) is 7.51. The minimum absolute atomic E-state index is 0.00940. The van der Waals surface area contributed by atoms with Crippen molar-refractivity contribution in [3.8, 4) is 0 Å². The van der Waals surface area contributed by atoms with Crippen LogP contribution in [0.1, 0.15) is 24.8 Å². The van der Waals surface area contributed by atoms with E-state index in [-0.39, 0.29) is 30.4 Å². The Kier molecular flexibility index (Phi) is 3.92. The molecule has 4 heteroatoms. The maximum atomic E-state index is 12.4. The Morgan fingerprint density at radius 1 is 1.35 bits per heavy atom. The van der Waals surface area contributed by atoms with Gasteiger partial charge in [-0.25, -0.2) is 0 Å². The summed E-state index contributed by atoms with van der Waals surface area (Å²) in [5, 5.41) is 15.8. The number of hydrogen-bond donors (Lipinski definition) is 3. The van der Waals surface area contributed by atoms with E-state index in [9.17, 15) is 9.90 Å². The first-order valence-electron chi connectivity index (χ1n) is 7.51. The first-order chi connectivity index (χ1) is 9.78. The van der Waals surface area contributed by atoms with Gasteiger partial charge in [-0.15, -0.1) is 0 Å². The van der Waals surface area contributed by atoms with E-state index in [0.717, 1.165) is 31.4 Å². The second-order valence-electron chi connectivity index (χ2n) is 5.93. The second kappa shape index (κ2) is 5.83. The standard InChI is InChI=1S/C16H22N2O2/c19-10-12-5-3-7-15(12)18-16(20)13-8-11-4-1-2-6-14(11)17-9-13/h1-2,4,6,12-13,15,17,19H,3,5,7-10H2,(H,18,20). The fraction of sp³-hybridized carbons (Fsp3) is 0.562. The minimum Gasteiger partial charge on any atom is -0.396 e. The van der Waals surface area contributed by atoms with Gasteiger partial charge in [0.15, 0.2) is 0 Å². The van der Waals surface area contributed by atoms with Crippen molar-refractivity contribution in [2.45, 2.75) is 31.7 Å². The Bertz CT molecular complexity index is 489. The third-order valence-electron chi connectivity index (χ3n) is 4.61. The second-order valence-corrected chi connectivity index (χ2v) is 5.93. The van der Waals surface area contributed by atoms with Crippen LogP contribution in [0.5, 0.6) is 0 Å². The van der Waals surface area contributed by atoms with Gasteiger partial charge in [-0.1, -0.05) is 24.6 Å². The van der Waals surface area contributed by atoms with Gasteiger partial charge in [0.2, 0.25) is 5.91 Å². The Labute approximate surface area is 119 Å². The summed E-state index contributed by atoms with van der Waals surface area (Å²) in [5.41, 5.74) is 2.36. The number of carbonyl (C=O) groups is 1. The third-order valence-corrected chi connectivity index (χ3v) is 4.61. The molecule has 3 rings (SSSR count). The minimum atomic E-state index is -0.00940. The molecule has 2 aliphatic rings. The number of aliphatic hydroxyl groups excluding tert-OH is 1. The molecule has 0 bridgehead atoms. The number of hydrogen-bond acceptors (Lipinski definition) is 3. The fourth-order valence-electron chi connectivity index (χ4n) is 3.37. The van der Waals surface area contributed by atoms with Gasteiger partial charge in [-0.3, -0.25) is 4.79 Å². The predicted octanol–water partition coefficient (Wildman–Crippen LogP) is 1.55. The zero-order chi connectivity index (χ0) is 13.9. The lowest BCUT2D eigenvalue weighted by Crippen LogP contribution is -2.45. The van der Waals surface area contributed by atoms with Crippen molar-refractivity contribution >= 4 is 11.6 Å². The molecule has 0 spiro atoms. The van der Waals surface area contributed by atoms with E-state index in [4.69, 9.17) is 0 Å². The predicted molar refractivity (Wildman–Crippen MR) is 78.5 cm³/mol. The molecule has 1 saturated carbocycles. The normalized spacial score (nSPS) is 28.6. The van der Waals surface area contributed by atoms with Crippen molar-refractivity contribution in [3.63, 3.8) is 0 Å². The molecule has 1 aliphatic heterocycles. The molecule has 3 atom stereocenters. The molecule has 1 fully saturated rings. The summed E-state index contributed by atoms with van der Waals surface area (Å²) in [6, 6.07) is 8.32. The molecule has 0 radical (unpaired) electrons. The first kappa shape index (κ1) is 13.4. The van der Waals surface area contributed by atoms with Crippen LogP contribution in [0.4, 0.5) is 5.69 Å². The van der Waals surface area contributed by atoms with Gasteiger partial charge in [0.1, 0.15) is 0 Å². The van der Waals surface area contributed by atoms with Crippen LogP contribution in [-0.4, -0.2) is 30.2 Å². The third kappa shape index (κ3) is 2.66. The zero-order valence-corrected chi connectivity index (χ0v) is 11.6. The van der Waals surface area contributed by atoms with Crippen LogP contribution in [-0.2, 0) is 11.2 Å². The van der Waals surface area contributed by atoms with Crippen LogP contribution in [0.15, 0.2) is 24.3 Å². The highest BCUT2D eigenvalue weighted by atomic mass is 16.3. The molecule has 1 aliphatic carbocycles. The Hall–Kier alpha value is -1.55. The van der Waals surface area contributed by atoms with Crippen molar-refractivity contribution in [3.05, 3.63) is 29.8 Å². The van der Waals surface area contributed by atoms with Crippen molar-refractivity contribution in [2.24, 2.45) is 11.8 Å². The fourth-order valence-corrected chi connectivity index (χ4v) is 3.37. The van der Waals surface area contributed by atoms with Crippen LogP contribution in [0.3, 0.4) is 0 Å². The van der Waals surface area contributed by atoms with Crippen molar-refractivity contribution in [1.82, 2.24) is 5.32 Å². The molecule has 20 heavy (non-hydrogen) atoms. The summed E-state index contributed by atoms with van der Waals surface area (Å²) in [4.78, 5) is 12.4.